The van der Waals surface area contributed by atoms with Gasteiger partial charge in [0.1, 0.15) is 17.3 Å². The number of phenols is 1. The second-order valence-electron chi connectivity index (χ2n) is 7.73. The molecule has 0 radical (unpaired) electrons. The molecule has 0 bridgehead atoms. The van der Waals surface area contributed by atoms with E-state index >= 15 is 0 Å². The number of benzene rings is 3. The van der Waals surface area contributed by atoms with Crippen LogP contribution < -0.4 is 4.90 Å². The molecule has 30 heavy (non-hydrogen) atoms. The first-order chi connectivity index (χ1) is 14.5. The lowest BCUT2D eigenvalue weighted by Crippen LogP contribution is -2.28. The van der Waals surface area contributed by atoms with E-state index in [1.165, 1.54) is 0 Å². The molecule has 4 rings (SSSR count). The van der Waals surface area contributed by atoms with Gasteiger partial charge in [-0.2, -0.15) is 4.99 Å². The zero-order valence-electron chi connectivity index (χ0n) is 17.3. The highest BCUT2D eigenvalue weighted by Gasteiger charge is 2.33. The summed E-state index contributed by atoms with van der Waals surface area (Å²) in [6.45, 7) is 6.01. The number of aliphatic imine (C=N–C) groups is 1. The number of hydrogen-bond donors (Lipinski definition) is 1. The lowest BCUT2D eigenvalue weighted by atomic mass is 9.98. The number of nitrogens with zero attached hydrogens (tertiary/aromatic N) is 2. The smallest absolute Gasteiger partial charge is 0.296 e. The molecule has 0 unspecified atom stereocenters. The van der Waals surface area contributed by atoms with Gasteiger partial charge in [0.15, 0.2) is 0 Å². The van der Waals surface area contributed by atoms with E-state index in [4.69, 9.17) is 0 Å². The van der Waals surface area contributed by atoms with Crippen LogP contribution in [0.25, 0.3) is 6.08 Å². The number of amidine groups is 1. The summed E-state index contributed by atoms with van der Waals surface area (Å²) in [7, 11) is 0. The number of carbonyl (C=O) groups excluding carboxylic acids is 1. The first-order valence-corrected chi connectivity index (χ1v) is 10.0. The summed E-state index contributed by atoms with van der Waals surface area (Å²) in [5.74, 6) is 0.715. The molecular formula is C26H24N2O2. The molecule has 3 aromatic rings. The zero-order valence-corrected chi connectivity index (χ0v) is 17.3. The molecule has 4 nitrogen and oxygen atoms in total. The van der Waals surface area contributed by atoms with Gasteiger partial charge in [0.25, 0.3) is 5.91 Å². The molecule has 150 valence electrons. The Balaban J connectivity index is 1.93. The maximum absolute atomic E-state index is 13.0. The standard InChI is InChI=1S/C26H24N2O2/c1-17(2)21-16-22(18(3)14-24(21)29)28-23(15-19-10-6-4-7-11-19)26(30)27-25(28)20-12-8-5-9-13-20/h4-17,29H,1-3H3/b23-15-. The second kappa shape index (κ2) is 7.99. The highest BCUT2D eigenvalue weighted by atomic mass is 16.3. The minimum absolute atomic E-state index is 0.140. The van der Waals surface area contributed by atoms with Crippen molar-refractivity contribution < 1.29 is 9.90 Å². The van der Waals surface area contributed by atoms with Gasteiger partial charge in [-0.3, -0.25) is 9.69 Å². The maximum Gasteiger partial charge on any atom is 0.296 e. The van der Waals surface area contributed by atoms with Crippen LogP contribution in [0.15, 0.2) is 83.5 Å². The number of aromatic hydroxyl groups is 1. The number of hydrogen-bond acceptors (Lipinski definition) is 3. The molecular weight excluding hydrogens is 372 g/mol. The van der Waals surface area contributed by atoms with E-state index in [-0.39, 0.29) is 17.6 Å². The van der Waals surface area contributed by atoms with E-state index in [0.717, 1.165) is 27.9 Å². The Morgan fingerprint density at radius 2 is 1.60 bits per heavy atom. The summed E-state index contributed by atoms with van der Waals surface area (Å²) >= 11 is 0. The van der Waals surface area contributed by atoms with E-state index in [9.17, 15) is 9.90 Å². The van der Waals surface area contributed by atoms with Crippen LogP contribution in [0, 0.1) is 6.92 Å². The molecule has 0 aromatic heterocycles. The van der Waals surface area contributed by atoms with Crippen molar-refractivity contribution in [2.24, 2.45) is 4.99 Å². The molecule has 0 fully saturated rings. The molecule has 1 N–H and O–H groups in total. The number of rotatable bonds is 4. The lowest BCUT2D eigenvalue weighted by molar-refractivity contribution is -0.113. The third-order valence-electron chi connectivity index (χ3n) is 5.22. The van der Waals surface area contributed by atoms with Crippen LogP contribution in [-0.2, 0) is 4.79 Å². The van der Waals surface area contributed by atoms with Gasteiger partial charge in [0.2, 0.25) is 0 Å². The van der Waals surface area contributed by atoms with Crippen LogP contribution >= 0.6 is 0 Å². The lowest BCUT2D eigenvalue weighted by Gasteiger charge is -2.25. The van der Waals surface area contributed by atoms with Gasteiger partial charge in [-0.25, -0.2) is 0 Å². The highest BCUT2D eigenvalue weighted by molar-refractivity contribution is 6.28. The van der Waals surface area contributed by atoms with Crippen molar-refractivity contribution in [3.63, 3.8) is 0 Å². The largest absolute Gasteiger partial charge is 0.508 e. The van der Waals surface area contributed by atoms with Gasteiger partial charge in [0, 0.05) is 5.56 Å². The first-order valence-electron chi connectivity index (χ1n) is 10.0. The van der Waals surface area contributed by atoms with Gasteiger partial charge in [-0.05, 0) is 47.7 Å². The van der Waals surface area contributed by atoms with E-state index in [1.54, 1.807) is 6.07 Å². The Morgan fingerprint density at radius 1 is 0.967 bits per heavy atom. The fourth-order valence-corrected chi connectivity index (χ4v) is 3.67. The normalized spacial score (nSPS) is 15.2. The van der Waals surface area contributed by atoms with Gasteiger partial charge in [-0.1, -0.05) is 74.5 Å². The van der Waals surface area contributed by atoms with Gasteiger partial charge < -0.3 is 5.11 Å². The molecule has 1 amide bonds. The van der Waals surface area contributed by atoms with E-state index < -0.39 is 0 Å². The maximum atomic E-state index is 13.0. The summed E-state index contributed by atoms with van der Waals surface area (Å²) in [6, 6.07) is 23.2. The zero-order chi connectivity index (χ0) is 21.3. The third kappa shape index (κ3) is 3.64. The number of anilines is 1. The predicted octanol–water partition coefficient (Wildman–Crippen LogP) is 5.66. The topological polar surface area (TPSA) is 52.9 Å². The van der Waals surface area contributed by atoms with Crippen molar-refractivity contribution in [1.29, 1.82) is 0 Å². The number of carbonyl (C=O) groups is 1. The quantitative estimate of drug-likeness (QED) is 0.579. The summed E-state index contributed by atoms with van der Waals surface area (Å²) in [5.41, 5.74) is 4.82. The third-order valence-corrected chi connectivity index (χ3v) is 5.22. The van der Waals surface area contributed by atoms with Crippen LogP contribution in [0.1, 0.15) is 42.0 Å². The first kappa shape index (κ1) is 19.6. The summed E-state index contributed by atoms with van der Waals surface area (Å²) < 4.78 is 0. The van der Waals surface area contributed by atoms with Crippen molar-refractivity contribution in [2.75, 3.05) is 4.90 Å². The van der Waals surface area contributed by atoms with Crippen molar-refractivity contribution in [3.05, 3.63) is 101 Å². The van der Waals surface area contributed by atoms with Crippen LogP contribution in [0.5, 0.6) is 5.75 Å². The molecule has 1 aliphatic heterocycles. The summed E-state index contributed by atoms with van der Waals surface area (Å²) in [6.07, 6.45) is 1.86. The fraction of sp³-hybridized carbons (Fsp3) is 0.154. The molecule has 1 aliphatic rings. The molecule has 4 heteroatoms. The van der Waals surface area contributed by atoms with E-state index in [2.05, 4.69) is 4.99 Å². The van der Waals surface area contributed by atoms with Crippen molar-refractivity contribution >= 4 is 23.5 Å². The average molecular weight is 396 g/mol. The Labute approximate surface area is 176 Å². The molecule has 3 aromatic carbocycles. The fourth-order valence-electron chi connectivity index (χ4n) is 3.67. The van der Waals surface area contributed by atoms with Crippen LogP contribution in [0.3, 0.4) is 0 Å². The summed E-state index contributed by atoms with van der Waals surface area (Å²) in [5, 5.41) is 10.4. The highest BCUT2D eigenvalue weighted by Crippen LogP contribution is 2.37. The Hall–Kier alpha value is -3.66. The van der Waals surface area contributed by atoms with Crippen LogP contribution in [-0.4, -0.2) is 16.8 Å². The molecule has 0 spiro atoms. The molecule has 0 saturated heterocycles. The van der Waals surface area contributed by atoms with E-state index in [0.29, 0.717) is 11.5 Å². The Morgan fingerprint density at radius 3 is 2.23 bits per heavy atom. The second-order valence-corrected chi connectivity index (χ2v) is 7.73. The van der Waals surface area contributed by atoms with Gasteiger partial charge in [-0.15, -0.1) is 0 Å². The van der Waals surface area contributed by atoms with Crippen LogP contribution in [0.4, 0.5) is 5.69 Å². The minimum Gasteiger partial charge on any atom is -0.508 e. The predicted molar refractivity (Wildman–Crippen MR) is 122 cm³/mol. The van der Waals surface area contributed by atoms with Crippen LogP contribution in [0.2, 0.25) is 0 Å². The number of amides is 1. The SMILES string of the molecule is Cc1cc(O)c(C(C)C)cc1N1C(c2ccccc2)=NC(=O)/C1=C/c1ccccc1. The van der Waals surface area contributed by atoms with Crippen molar-refractivity contribution in [3.8, 4) is 5.75 Å². The van der Waals surface area contributed by atoms with E-state index in [1.807, 2.05) is 98.5 Å². The monoisotopic (exact) mass is 396 g/mol. The number of aryl methyl sites for hydroxylation is 1. The Bertz CT molecular complexity index is 1150. The van der Waals surface area contributed by atoms with Crippen molar-refractivity contribution in [1.82, 2.24) is 0 Å². The van der Waals surface area contributed by atoms with Gasteiger partial charge in [0.05, 0.1) is 5.69 Å². The van der Waals surface area contributed by atoms with Gasteiger partial charge >= 0.3 is 0 Å². The Kier molecular flexibility index (Phi) is 5.23. The molecule has 0 aliphatic carbocycles. The molecule has 0 atom stereocenters. The minimum atomic E-state index is -0.281. The molecule has 0 saturated carbocycles. The number of phenolic OH excluding ortho intramolecular Hbond substituents is 1. The summed E-state index contributed by atoms with van der Waals surface area (Å²) in [4.78, 5) is 19.3. The van der Waals surface area contributed by atoms with Crippen molar-refractivity contribution in [2.45, 2.75) is 26.7 Å². The molecule has 1 heterocycles. The average Bonchev–Trinajstić information content (AvgIpc) is 3.05.